The summed E-state index contributed by atoms with van der Waals surface area (Å²) in [4.78, 5) is 35.8. The number of morpholine rings is 2. The van der Waals surface area contributed by atoms with E-state index in [2.05, 4.69) is 9.80 Å². The van der Waals surface area contributed by atoms with E-state index in [1.165, 1.54) is 0 Å². The normalized spacial score (nSPS) is 33.1. The third-order valence-electron chi connectivity index (χ3n) is 9.37. The highest BCUT2D eigenvalue weighted by Crippen LogP contribution is 2.51. The molecule has 4 fully saturated rings. The second-order valence-corrected chi connectivity index (χ2v) is 12.1. The molecule has 6 aliphatic rings. The monoisotopic (exact) mass is 592 g/mol. The third-order valence-corrected chi connectivity index (χ3v) is 9.37. The molecule has 0 N–H and O–H groups in total. The molecular weight excluding hydrogens is 556 g/mol. The van der Waals surface area contributed by atoms with Gasteiger partial charge in [0, 0.05) is 37.3 Å². The third kappa shape index (κ3) is 4.35. The number of rotatable bonds is 4. The molecule has 0 unspecified atom stereocenters. The van der Waals surface area contributed by atoms with Crippen LogP contribution in [0.25, 0.3) is 0 Å². The van der Waals surface area contributed by atoms with E-state index in [1.807, 2.05) is 48.5 Å². The molecule has 2 aromatic rings. The minimum atomic E-state index is -1.52. The first-order chi connectivity index (χ1) is 21.0. The molecule has 4 saturated heterocycles. The molecule has 0 saturated carbocycles. The Morgan fingerprint density at radius 1 is 0.558 bits per heavy atom. The molecule has 43 heavy (non-hydrogen) atoms. The van der Waals surface area contributed by atoms with Gasteiger partial charge in [-0.2, -0.15) is 0 Å². The summed E-state index contributed by atoms with van der Waals surface area (Å²) in [5, 5.41) is 0. The number of hydrogen-bond donors (Lipinski definition) is 0. The Labute approximate surface area is 249 Å². The zero-order chi connectivity index (χ0) is 29.1. The fraction of sp³-hybridized carbons (Fsp3) is 0.548. The lowest BCUT2D eigenvalue weighted by Crippen LogP contribution is -2.61. The average Bonchev–Trinajstić information content (AvgIpc) is 3.42. The molecule has 8 rings (SSSR count). The molecule has 0 bridgehead atoms. The number of amides is 2. The Morgan fingerprint density at radius 3 is 1.33 bits per heavy atom. The van der Waals surface area contributed by atoms with Gasteiger partial charge in [0.1, 0.15) is 0 Å². The maximum absolute atomic E-state index is 14.0. The summed E-state index contributed by atoms with van der Waals surface area (Å²) in [7, 11) is 0. The largest absolute Gasteiger partial charge is 0.379 e. The van der Waals surface area contributed by atoms with Gasteiger partial charge >= 0.3 is 0 Å². The molecule has 12 heteroatoms. The number of benzene rings is 2. The summed E-state index contributed by atoms with van der Waals surface area (Å²) in [5.41, 5.74) is 2.32. The van der Waals surface area contributed by atoms with Crippen LogP contribution >= 0.6 is 0 Å². The Morgan fingerprint density at radius 2 is 0.930 bits per heavy atom. The fourth-order valence-electron chi connectivity index (χ4n) is 6.86. The molecule has 2 amide bonds. The van der Waals surface area contributed by atoms with Crippen molar-refractivity contribution in [3.8, 4) is 0 Å². The highest BCUT2D eigenvalue weighted by atomic mass is 16.7. The van der Waals surface area contributed by atoms with Crippen LogP contribution in [0.4, 0.5) is 11.4 Å². The van der Waals surface area contributed by atoms with Crippen molar-refractivity contribution in [1.82, 2.24) is 9.80 Å². The second kappa shape index (κ2) is 10.6. The number of hydrogen-bond acceptors (Lipinski definition) is 10. The van der Waals surface area contributed by atoms with Crippen molar-refractivity contribution in [3.63, 3.8) is 0 Å². The van der Waals surface area contributed by atoms with Crippen molar-refractivity contribution >= 4 is 23.2 Å². The second-order valence-electron chi connectivity index (χ2n) is 12.1. The topological polar surface area (TPSA) is 102 Å². The van der Waals surface area contributed by atoms with Gasteiger partial charge in [0.05, 0.1) is 83.0 Å². The fourth-order valence-corrected chi connectivity index (χ4v) is 6.86. The maximum Gasteiger partial charge on any atom is 0.293 e. The van der Waals surface area contributed by atoms with Crippen LogP contribution in [0.1, 0.15) is 11.1 Å². The highest BCUT2D eigenvalue weighted by molar-refractivity contribution is 6.07. The summed E-state index contributed by atoms with van der Waals surface area (Å²) in [6, 6.07) is 15.3. The molecule has 3 spiro atoms. The molecule has 0 aliphatic carbocycles. The molecule has 228 valence electrons. The number of carbonyl (C=O) groups is 2. The Hall–Kier alpha value is -2.94. The van der Waals surface area contributed by atoms with Crippen LogP contribution in [-0.4, -0.2) is 114 Å². The first-order valence-corrected chi connectivity index (χ1v) is 15.0. The SMILES string of the molecule is O=C1N(CN2CCOCC2)c2ccccc2C12OCC1(CO2)COC2(OC1)C(=O)N(CN1CCOCC1)c1ccccc12. The van der Waals surface area contributed by atoms with E-state index in [1.54, 1.807) is 9.80 Å². The van der Waals surface area contributed by atoms with Crippen LogP contribution < -0.4 is 9.80 Å². The number of carbonyl (C=O) groups excluding carboxylic acids is 2. The standard InChI is InChI=1S/C31H36N4O8/c36-27-30(23-5-1-3-7-25(23)34(27)21-32-9-13-38-14-10-32)40-17-29(18-41-30)19-42-31(43-20-29)24-6-2-4-8-26(24)35(28(31)37)22-33-11-15-39-16-12-33/h1-8H,9-22H2. The minimum Gasteiger partial charge on any atom is -0.379 e. The Kier molecular flexibility index (Phi) is 6.80. The van der Waals surface area contributed by atoms with E-state index >= 15 is 0 Å². The number of para-hydroxylation sites is 2. The number of nitrogens with zero attached hydrogens (tertiary/aromatic N) is 4. The molecular formula is C31H36N4O8. The van der Waals surface area contributed by atoms with Gasteiger partial charge in [0.25, 0.3) is 23.4 Å². The van der Waals surface area contributed by atoms with Crippen molar-refractivity contribution in [2.24, 2.45) is 5.41 Å². The van der Waals surface area contributed by atoms with Gasteiger partial charge in [0.15, 0.2) is 0 Å². The summed E-state index contributed by atoms with van der Waals surface area (Å²) in [5.74, 6) is -3.51. The van der Waals surface area contributed by atoms with Crippen molar-refractivity contribution in [2.75, 3.05) is 102 Å². The number of ether oxygens (including phenoxy) is 6. The lowest BCUT2D eigenvalue weighted by atomic mass is 9.88. The first kappa shape index (κ1) is 27.6. The average molecular weight is 593 g/mol. The lowest BCUT2D eigenvalue weighted by molar-refractivity contribution is -0.353. The Bertz CT molecular complexity index is 1280. The van der Waals surface area contributed by atoms with E-state index in [-0.39, 0.29) is 38.2 Å². The predicted octanol–water partition coefficient (Wildman–Crippen LogP) is 1.05. The van der Waals surface area contributed by atoms with Gasteiger partial charge in [-0.25, -0.2) is 0 Å². The summed E-state index contributed by atoms with van der Waals surface area (Å²) >= 11 is 0. The highest BCUT2D eigenvalue weighted by Gasteiger charge is 2.63. The van der Waals surface area contributed by atoms with Crippen LogP contribution in [0.5, 0.6) is 0 Å². The number of anilines is 2. The van der Waals surface area contributed by atoms with Gasteiger partial charge in [0.2, 0.25) is 0 Å². The zero-order valence-corrected chi connectivity index (χ0v) is 24.1. The molecule has 0 radical (unpaired) electrons. The van der Waals surface area contributed by atoms with Gasteiger partial charge in [-0.15, -0.1) is 0 Å². The smallest absolute Gasteiger partial charge is 0.293 e. The molecule has 12 nitrogen and oxygen atoms in total. The molecule has 6 heterocycles. The number of fused-ring (bicyclic) bond motifs is 4. The van der Waals surface area contributed by atoms with Crippen LogP contribution in [0.2, 0.25) is 0 Å². The van der Waals surface area contributed by atoms with Crippen molar-refractivity contribution in [1.29, 1.82) is 0 Å². The van der Waals surface area contributed by atoms with Gasteiger partial charge in [-0.1, -0.05) is 36.4 Å². The summed E-state index contributed by atoms with van der Waals surface area (Å²) < 4.78 is 36.6. The Balaban J connectivity index is 0.993. The maximum atomic E-state index is 14.0. The van der Waals surface area contributed by atoms with E-state index in [9.17, 15) is 9.59 Å². The molecule has 0 atom stereocenters. The first-order valence-electron chi connectivity index (χ1n) is 15.0. The molecule has 0 aromatic heterocycles. The van der Waals surface area contributed by atoms with Gasteiger partial charge < -0.3 is 28.4 Å². The predicted molar refractivity (Wildman–Crippen MR) is 152 cm³/mol. The summed E-state index contributed by atoms with van der Waals surface area (Å²) in [6.07, 6.45) is 0. The van der Waals surface area contributed by atoms with Crippen LogP contribution in [0.15, 0.2) is 48.5 Å². The molecule has 6 aliphatic heterocycles. The van der Waals surface area contributed by atoms with E-state index in [4.69, 9.17) is 28.4 Å². The van der Waals surface area contributed by atoms with Crippen molar-refractivity contribution < 1.29 is 38.0 Å². The van der Waals surface area contributed by atoms with Crippen LogP contribution in [0.3, 0.4) is 0 Å². The van der Waals surface area contributed by atoms with Crippen molar-refractivity contribution in [3.05, 3.63) is 59.7 Å². The minimum absolute atomic E-state index is 0.182. The van der Waals surface area contributed by atoms with Crippen LogP contribution in [0, 0.1) is 5.41 Å². The van der Waals surface area contributed by atoms with Gasteiger partial charge in [-0.3, -0.25) is 29.2 Å². The van der Waals surface area contributed by atoms with Crippen LogP contribution in [-0.2, 0) is 49.6 Å². The van der Waals surface area contributed by atoms with E-state index in [0.717, 1.165) is 37.6 Å². The lowest BCUT2D eigenvalue weighted by Gasteiger charge is -2.48. The van der Waals surface area contributed by atoms with Crippen molar-refractivity contribution in [2.45, 2.75) is 11.6 Å². The summed E-state index contributed by atoms with van der Waals surface area (Å²) in [6.45, 7) is 7.20. The van der Waals surface area contributed by atoms with E-state index in [0.29, 0.717) is 50.9 Å². The molecule has 2 aromatic carbocycles. The van der Waals surface area contributed by atoms with E-state index < -0.39 is 17.0 Å². The zero-order valence-electron chi connectivity index (χ0n) is 24.1. The quantitative estimate of drug-likeness (QED) is 0.512. The van der Waals surface area contributed by atoms with Gasteiger partial charge in [-0.05, 0) is 12.1 Å².